The van der Waals surface area contributed by atoms with Gasteiger partial charge in [0, 0.05) is 28.6 Å². The molecule has 2 aromatic heterocycles. The van der Waals surface area contributed by atoms with E-state index < -0.39 is 0 Å². The summed E-state index contributed by atoms with van der Waals surface area (Å²) < 4.78 is 4.79. The number of fused-ring (bicyclic) bond motifs is 2. The van der Waals surface area contributed by atoms with Gasteiger partial charge in [0.05, 0.1) is 5.52 Å². The fourth-order valence-electron chi connectivity index (χ4n) is 4.72. The van der Waals surface area contributed by atoms with E-state index in [1.807, 2.05) is 0 Å². The number of nitrogens with zero attached hydrogens (tertiary/aromatic N) is 2. The normalized spacial score (nSPS) is 11.6. The highest BCUT2D eigenvalue weighted by Crippen LogP contribution is 2.37. The van der Waals surface area contributed by atoms with Gasteiger partial charge in [-0.3, -0.25) is 0 Å². The van der Waals surface area contributed by atoms with Crippen molar-refractivity contribution in [2.45, 2.75) is 26.7 Å². The van der Waals surface area contributed by atoms with Crippen molar-refractivity contribution in [3.05, 3.63) is 96.1 Å². The molecule has 0 amide bonds. The van der Waals surface area contributed by atoms with Crippen LogP contribution < -0.4 is 4.57 Å². The number of aromatic nitrogens is 2. The van der Waals surface area contributed by atoms with E-state index in [1.54, 1.807) is 0 Å². The van der Waals surface area contributed by atoms with Crippen LogP contribution >= 0.6 is 0 Å². The lowest BCUT2D eigenvalue weighted by molar-refractivity contribution is -0.633. The molecule has 0 saturated carbocycles. The summed E-state index contributed by atoms with van der Waals surface area (Å²) in [7, 11) is 2.17. The molecule has 2 nitrogen and oxygen atoms in total. The van der Waals surface area contributed by atoms with Gasteiger partial charge >= 0.3 is 0 Å². The lowest BCUT2D eigenvalue weighted by Gasteiger charge is -2.17. The molecule has 5 rings (SSSR count). The molecule has 0 N–H and O–H groups in total. The molecule has 0 atom stereocenters. The Hall–Kier alpha value is -3.39. The molecular formula is C28H27N2+. The zero-order valence-electron chi connectivity index (χ0n) is 18.1. The number of hydrogen-bond acceptors (Lipinski definition) is 0. The molecule has 5 aromatic rings. The van der Waals surface area contributed by atoms with Gasteiger partial charge < -0.3 is 4.57 Å². The van der Waals surface area contributed by atoms with Crippen molar-refractivity contribution in [2.24, 2.45) is 7.05 Å². The van der Waals surface area contributed by atoms with Crippen LogP contribution in [0, 0.1) is 6.92 Å². The third kappa shape index (κ3) is 2.75. The molecule has 0 spiro atoms. The third-order valence-corrected chi connectivity index (χ3v) is 6.25. The Bertz CT molecular complexity index is 1390. The number of para-hydroxylation sites is 3. The van der Waals surface area contributed by atoms with E-state index in [0.29, 0.717) is 5.92 Å². The highest BCUT2D eigenvalue weighted by molar-refractivity contribution is 5.93. The third-order valence-electron chi connectivity index (χ3n) is 6.25. The van der Waals surface area contributed by atoms with Crippen molar-refractivity contribution < 1.29 is 4.57 Å². The van der Waals surface area contributed by atoms with Crippen LogP contribution in [0.3, 0.4) is 0 Å². The van der Waals surface area contributed by atoms with Crippen molar-refractivity contribution >= 4 is 21.8 Å². The van der Waals surface area contributed by atoms with Crippen LogP contribution in [0.5, 0.6) is 0 Å². The Morgan fingerprint density at radius 1 is 0.767 bits per heavy atom. The SMILES string of the molecule is Cc1c(-c2ccc3ccccc3[n+]2C)n(-c2ccccc2C(C)C)c2ccccc12. The molecule has 30 heavy (non-hydrogen) atoms. The molecular weight excluding hydrogens is 364 g/mol. The molecule has 0 bridgehead atoms. The minimum absolute atomic E-state index is 0.445. The summed E-state index contributed by atoms with van der Waals surface area (Å²) >= 11 is 0. The Morgan fingerprint density at radius 2 is 1.47 bits per heavy atom. The standard InChI is InChI=1S/C28H27N2/c1-19(2)22-12-6-9-15-25(22)30-26-16-10-7-13-23(26)20(3)28(30)27-18-17-21-11-5-8-14-24(21)29(27)4/h5-19H,1-4H3/q+1. The van der Waals surface area contributed by atoms with Crippen LogP contribution in [0.15, 0.2) is 84.9 Å². The summed E-state index contributed by atoms with van der Waals surface area (Å²) in [5.41, 5.74) is 8.92. The van der Waals surface area contributed by atoms with Crippen LogP contribution in [0.4, 0.5) is 0 Å². The van der Waals surface area contributed by atoms with Crippen molar-refractivity contribution in [2.75, 3.05) is 0 Å². The second kappa shape index (κ2) is 7.14. The zero-order chi connectivity index (χ0) is 20.8. The van der Waals surface area contributed by atoms with Gasteiger partial charge in [-0.2, -0.15) is 4.57 Å². The molecule has 2 heteroatoms. The number of aryl methyl sites for hydroxylation is 2. The summed E-state index contributed by atoms with van der Waals surface area (Å²) in [6.07, 6.45) is 0. The van der Waals surface area contributed by atoms with Gasteiger partial charge in [0.25, 0.3) is 0 Å². The minimum atomic E-state index is 0.445. The van der Waals surface area contributed by atoms with Crippen molar-refractivity contribution in [3.63, 3.8) is 0 Å². The topological polar surface area (TPSA) is 8.81 Å². The maximum Gasteiger partial charge on any atom is 0.230 e. The van der Waals surface area contributed by atoms with Gasteiger partial charge in [-0.05, 0) is 48.2 Å². The summed E-state index contributed by atoms with van der Waals surface area (Å²) in [6.45, 7) is 6.79. The maximum atomic E-state index is 2.46. The monoisotopic (exact) mass is 391 g/mol. The van der Waals surface area contributed by atoms with Crippen LogP contribution in [-0.4, -0.2) is 4.57 Å². The average Bonchev–Trinajstić information content (AvgIpc) is 3.06. The van der Waals surface area contributed by atoms with Crippen molar-refractivity contribution in [3.8, 4) is 17.1 Å². The summed E-state index contributed by atoms with van der Waals surface area (Å²) in [6, 6.07) is 30.7. The van der Waals surface area contributed by atoms with E-state index in [1.165, 1.54) is 50.0 Å². The lowest BCUT2D eigenvalue weighted by atomic mass is 10.0. The quantitative estimate of drug-likeness (QED) is 0.302. The van der Waals surface area contributed by atoms with Crippen molar-refractivity contribution in [1.29, 1.82) is 0 Å². The fraction of sp³-hybridized carbons (Fsp3) is 0.179. The second-order valence-electron chi connectivity index (χ2n) is 8.38. The maximum absolute atomic E-state index is 2.46. The smallest absolute Gasteiger partial charge is 0.230 e. The predicted molar refractivity (Wildman–Crippen MR) is 126 cm³/mol. The molecule has 0 aliphatic rings. The van der Waals surface area contributed by atoms with Crippen LogP contribution in [0.2, 0.25) is 0 Å². The Balaban J connectivity index is 1.93. The molecule has 0 saturated heterocycles. The number of pyridine rings is 1. The van der Waals surface area contributed by atoms with E-state index in [9.17, 15) is 0 Å². The van der Waals surface area contributed by atoms with E-state index >= 15 is 0 Å². The number of hydrogen-bond donors (Lipinski definition) is 0. The van der Waals surface area contributed by atoms with Gasteiger partial charge in [-0.15, -0.1) is 0 Å². The molecule has 3 aromatic carbocycles. The molecule has 0 fully saturated rings. The highest BCUT2D eigenvalue weighted by atomic mass is 15.0. The molecule has 0 radical (unpaired) electrons. The highest BCUT2D eigenvalue weighted by Gasteiger charge is 2.25. The second-order valence-corrected chi connectivity index (χ2v) is 8.38. The van der Waals surface area contributed by atoms with E-state index in [2.05, 4.69) is 122 Å². The minimum Gasteiger partial charge on any atom is -0.304 e. The lowest BCUT2D eigenvalue weighted by Crippen LogP contribution is -2.32. The molecule has 0 aliphatic heterocycles. The Kier molecular flexibility index (Phi) is 4.43. The molecule has 0 unspecified atom stereocenters. The van der Waals surface area contributed by atoms with Gasteiger partial charge in [-0.1, -0.05) is 62.4 Å². The number of rotatable bonds is 3. The molecule has 0 aliphatic carbocycles. The van der Waals surface area contributed by atoms with E-state index in [4.69, 9.17) is 0 Å². The van der Waals surface area contributed by atoms with E-state index in [-0.39, 0.29) is 0 Å². The predicted octanol–water partition coefficient (Wildman–Crippen LogP) is 6.71. The van der Waals surface area contributed by atoms with Gasteiger partial charge in [0.2, 0.25) is 11.2 Å². The molecule has 148 valence electrons. The number of benzene rings is 3. The summed E-state index contributed by atoms with van der Waals surface area (Å²) in [5, 5.41) is 2.56. The first-order valence-corrected chi connectivity index (χ1v) is 10.7. The van der Waals surface area contributed by atoms with Crippen LogP contribution in [-0.2, 0) is 7.05 Å². The average molecular weight is 392 g/mol. The zero-order valence-corrected chi connectivity index (χ0v) is 18.1. The van der Waals surface area contributed by atoms with Crippen molar-refractivity contribution in [1.82, 2.24) is 4.57 Å². The fourth-order valence-corrected chi connectivity index (χ4v) is 4.72. The first-order valence-electron chi connectivity index (χ1n) is 10.7. The van der Waals surface area contributed by atoms with Gasteiger partial charge in [0.1, 0.15) is 12.7 Å². The largest absolute Gasteiger partial charge is 0.304 e. The van der Waals surface area contributed by atoms with Gasteiger partial charge in [-0.25, -0.2) is 0 Å². The van der Waals surface area contributed by atoms with Crippen LogP contribution in [0.25, 0.3) is 38.9 Å². The van der Waals surface area contributed by atoms with E-state index in [0.717, 1.165) is 0 Å². The van der Waals surface area contributed by atoms with Gasteiger partial charge in [0.15, 0.2) is 0 Å². The first-order chi connectivity index (χ1) is 14.6. The first kappa shape index (κ1) is 18.6. The van der Waals surface area contributed by atoms with Crippen LogP contribution in [0.1, 0.15) is 30.9 Å². The summed E-state index contributed by atoms with van der Waals surface area (Å²) in [5.74, 6) is 0.445. The summed E-state index contributed by atoms with van der Waals surface area (Å²) in [4.78, 5) is 0. The Morgan fingerprint density at radius 3 is 2.30 bits per heavy atom. The molecule has 2 heterocycles. The Labute approximate surface area is 178 Å².